The topological polar surface area (TPSA) is 45.7 Å². The smallest absolute Gasteiger partial charge is 0.236 e. The highest BCUT2D eigenvalue weighted by Crippen LogP contribution is 2.28. The molecule has 0 radical (unpaired) electrons. The van der Waals surface area contributed by atoms with Crippen molar-refractivity contribution in [2.45, 2.75) is 18.8 Å². The van der Waals surface area contributed by atoms with Gasteiger partial charge in [-0.25, -0.2) is 0 Å². The standard InChI is InChI=1S/C22H26ClN3O2/c23-19-6-1-4-17(14-19)20-7-2-8-21(24-20)18-5-3-9-25(15-18)16-22(27)26-10-12-28-13-11-26/h1-2,4,6-8,14,18H,3,5,9-13,15-16H2. The van der Waals surface area contributed by atoms with Crippen molar-refractivity contribution in [3.8, 4) is 11.3 Å². The van der Waals surface area contributed by atoms with Crippen molar-refractivity contribution in [3.63, 3.8) is 0 Å². The highest BCUT2D eigenvalue weighted by molar-refractivity contribution is 6.30. The van der Waals surface area contributed by atoms with Gasteiger partial charge in [0.1, 0.15) is 0 Å². The van der Waals surface area contributed by atoms with Crippen LogP contribution in [0.15, 0.2) is 42.5 Å². The number of benzene rings is 1. The van der Waals surface area contributed by atoms with Crippen molar-refractivity contribution in [2.75, 3.05) is 45.9 Å². The molecule has 0 saturated carbocycles. The molecular formula is C22H26ClN3O2. The second-order valence-corrected chi connectivity index (χ2v) is 7.96. The van der Waals surface area contributed by atoms with Gasteiger partial charge in [-0.1, -0.05) is 29.8 Å². The highest BCUT2D eigenvalue weighted by atomic mass is 35.5. The number of pyridine rings is 1. The molecule has 148 valence electrons. The molecule has 1 atom stereocenters. The molecular weight excluding hydrogens is 374 g/mol. The molecule has 0 bridgehead atoms. The summed E-state index contributed by atoms with van der Waals surface area (Å²) >= 11 is 6.14. The summed E-state index contributed by atoms with van der Waals surface area (Å²) in [5.41, 5.74) is 3.08. The van der Waals surface area contributed by atoms with Crippen LogP contribution in [0.2, 0.25) is 5.02 Å². The molecule has 1 unspecified atom stereocenters. The number of carbonyl (C=O) groups excluding carboxylic acids is 1. The molecule has 1 amide bonds. The van der Waals surface area contributed by atoms with E-state index in [-0.39, 0.29) is 5.91 Å². The van der Waals surface area contributed by atoms with Crippen LogP contribution in [0.25, 0.3) is 11.3 Å². The summed E-state index contributed by atoms with van der Waals surface area (Å²) in [5, 5.41) is 0.718. The third kappa shape index (κ3) is 4.72. The summed E-state index contributed by atoms with van der Waals surface area (Å²) in [5.74, 6) is 0.565. The van der Waals surface area contributed by atoms with Gasteiger partial charge in [-0.3, -0.25) is 14.7 Å². The van der Waals surface area contributed by atoms with Gasteiger partial charge >= 0.3 is 0 Å². The monoisotopic (exact) mass is 399 g/mol. The van der Waals surface area contributed by atoms with E-state index in [0.717, 1.165) is 47.9 Å². The first-order valence-electron chi connectivity index (χ1n) is 10.00. The second kappa shape index (κ2) is 9.03. The maximum atomic E-state index is 12.6. The molecule has 2 fully saturated rings. The molecule has 0 aliphatic carbocycles. The lowest BCUT2D eigenvalue weighted by Gasteiger charge is -2.34. The number of rotatable bonds is 4. The van der Waals surface area contributed by atoms with Crippen LogP contribution in [-0.4, -0.2) is 66.6 Å². The Morgan fingerprint density at radius 3 is 2.79 bits per heavy atom. The van der Waals surface area contributed by atoms with Gasteiger partial charge in [-0.2, -0.15) is 0 Å². The van der Waals surface area contributed by atoms with Crippen LogP contribution in [0.5, 0.6) is 0 Å². The summed E-state index contributed by atoms with van der Waals surface area (Å²) in [7, 11) is 0. The maximum Gasteiger partial charge on any atom is 0.236 e. The molecule has 5 nitrogen and oxygen atoms in total. The van der Waals surface area contributed by atoms with Crippen molar-refractivity contribution < 1.29 is 9.53 Å². The van der Waals surface area contributed by atoms with E-state index in [9.17, 15) is 4.79 Å². The van der Waals surface area contributed by atoms with Crippen molar-refractivity contribution in [3.05, 3.63) is 53.2 Å². The summed E-state index contributed by atoms with van der Waals surface area (Å²) in [6, 6.07) is 14.0. The van der Waals surface area contributed by atoms with Crippen molar-refractivity contribution in [2.24, 2.45) is 0 Å². The lowest BCUT2D eigenvalue weighted by Crippen LogP contribution is -2.47. The van der Waals surface area contributed by atoms with Gasteiger partial charge in [0, 0.05) is 41.8 Å². The number of carbonyl (C=O) groups is 1. The zero-order valence-corrected chi connectivity index (χ0v) is 16.8. The number of hydrogen-bond donors (Lipinski definition) is 0. The van der Waals surface area contributed by atoms with E-state index in [0.29, 0.717) is 38.8 Å². The molecule has 0 spiro atoms. The third-order valence-corrected chi connectivity index (χ3v) is 5.77. The normalized spacial score (nSPS) is 20.9. The number of piperidine rings is 1. The fourth-order valence-electron chi connectivity index (χ4n) is 4.03. The summed E-state index contributed by atoms with van der Waals surface area (Å²) < 4.78 is 5.35. The molecule has 6 heteroatoms. The van der Waals surface area contributed by atoms with Gasteiger partial charge < -0.3 is 9.64 Å². The fourth-order valence-corrected chi connectivity index (χ4v) is 4.22. The van der Waals surface area contributed by atoms with Crippen LogP contribution in [0.3, 0.4) is 0 Å². The number of morpholine rings is 1. The number of ether oxygens (including phenoxy) is 1. The fraction of sp³-hybridized carbons (Fsp3) is 0.455. The Hall–Kier alpha value is -1.95. The molecule has 2 saturated heterocycles. The second-order valence-electron chi connectivity index (χ2n) is 7.53. The van der Waals surface area contributed by atoms with Crippen LogP contribution in [0.4, 0.5) is 0 Å². The first-order valence-corrected chi connectivity index (χ1v) is 10.4. The molecule has 28 heavy (non-hydrogen) atoms. The molecule has 2 aromatic rings. The minimum Gasteiger partial charge on any atom is -0.378 e. The van der Waals surface area contributed by atoms with Crippen molar-refractivity contribution in [1.29, 1.82) is 0 Å². The lowest BCUT2D eigenvalue weighted by atomic mass is 9.93. The van der Waals surface area contributed by atoms with Crippen molar-refractivity contribution >= 4 is 17.5 Å². The van der Waals surface area contributed by atoms with Crippen LogP contribution < -0.4 is 0 Å². The number of halogens is 1. The Balaban J connectivity index is 1.43. The Morgan fingerprint density at radius 2 is 1.96 bits per heavy atom. The lowest BCUT2D eigenvalue weighted by molar-refractivity contribution is -0.136. The van der Waals surface area contributed by atoms with Crippen LogP contribution >= 0.6 is 11.6 Å². The van der Waals surface area contributed by atoms with Gasteiger partial charge in [0.15, 0.2) is 0 Å². The molecule has 2 aliphatic rings. The number of aromatic nitrogens is 1. The summed E-state index contributed by atoms with van der Waals surface area (Å²) in [4.78, 5) is 21.7. The van der Waals surface area contributed by atoms with Gasteiger partial charge in [0.05, 0.1) is 25.5 Å². The first-order chi connectivity index (χ1) is 13.7. The molecule has 1 aromatic heterocycles. The summed E-state index contributed by atoms with van der Waals surface area (Å²) in [6.07, 6.45) is 2.19. The first kappa shape index (κ1) is 19.4. The van der Waals surface area contributed by atoms with Gasteiger partial charge in [0.2, 0.25) is 5.91 Å². The number of nitrogens with zero attached hydrogens (tertiary/aromatic N) is 3. The van der Waals surface area contributed by atoms with Crippen LogP contribution in [0, 0.1) is 0 Å². The highest BCUT2D eigenvalue weighted by Gasteiger charge is 2.26. The molecule has 2 aliphatic heterocycles. The summed E-state index contributed by atoms with van der Waals surface area (Å²) in [6.45, 7) is 5.05. The largest absolute Gasteiger partial charge is 0.378 e. The average molecular weight is 400 g/mol. The van der Waals surface area contributed by atoms with Crippen molar-refractivity contribution in [1.82, 2.24) is 14.8 Å². The molecule has 3 heterocycles. The van der Waals surface area contributed by atoms with Crippen LogP contribution in [-0.2, 0) is 9.53 Å². The van der Waals surface area contributed by atoms with Gasteiger partial charge in [-0.05, 0) is 43.7 Å². The average Bonchev–Trinajstić information content (AvgIpc) is 2.75. The van der Waals surface area contributed by atoms with E-state index < -0.39 is 0 Å². The van der Waals surface area contributed by atoms with E-state index in [1.807, 2.05) is 35.2 Å². The SMILES string of the molecule is O=C(CN1CCCC(c2cccc(-c3cccc(Cl)c3)n2)C1)N1CCOCC1. The Bertz CT molecular complexity index is 823. The van der Waals surface area contributed by atoms with E-state index in [4.69, 9.17) is 21.3 Å². The van der Waals surface area contributed by atoms with Gasteiger partial charge in [0.25, 0.3) is 0 Å². The quantitative estimate of drug-likeness (QED) is 0.790. The molecule has 1 aromatic carbocycles. The van der Waals surface area contributed by atoms with E-state index in [1.54, 1.807) is 0 Å². The third-order valence-electron chi connectivity index (χ3n) is 5.54. The number of amides is 1. The number of likely N-dealkylation sites (tertiary alicyclic amines) is 1. The minimum atomic E-state index is 0.213. The Kier molecular flexibility index (Phi) is 6.25. The zero-order chi connectivity index (χ0) is 19.3. The maximum absolute atomic E-state index is 12.6. The van der Waals surface area contributed by atoms with Gasteiger partial charge in [-0.15, -0.1) is 0 Å². The Morgan fingerprint density at radius 1 is 1.14 bits per heavy atom. The predicted octanol–water partition coefficient (Wildman–Crippen LogP) is 3.44. The molecule has 0 N–H and O–H groups in total. The van der Waals surface area contributed by atoms with Crippen LogP contribution in [0.1, 0.15) is 24.5 Å². The predicted molar refractivity (Wildman–Crippen MR) is 110 cm³/mol. The van der Waals surface area contributed by atoms with E-state index in [1.165, 1.54) is 0 Å². The zero-order valence-electron chi connectivity index (χ0n) is 16.0. The van der Waals surface area contributed by atoms with E-state index in [2.05, 4.69) is 17.0 Å². The molecule has 4 rings (SSSR count). The Labute approximate surface area is 171 Å². The number of hydrogen-bond acceptors (Lipinski definition) is 4. The minimum absolute atomic E-state index is 0.213. The van der Waals surface area contributed by atoms with E-state index >= 15 is 0 Å².